The second-order valence-electron chi connectivity index (χ2n) is 4.02. The Morgan fingerprint density at radius 3 is 2.29 bits per heavy atom. The Balaban J connectivity index is 3.02. The third-order valence-corrected chi connectivity index (χ3v) is 2.52. The quantitative estimate of drug-likeness (QED) is 0.533. The van der Waals surface area contributed by atoms with Crippen LogP contribution in [0.3, 0.4) is 0 Å². The Labute approximate surface area is 89.1 Å². The molecule has 0 rings (SSSR count). The average molecular weight is 201 g/mol. The van der Waals surface area contributed by atoms with Crippen molar-refractivity contribution in [1.82, 2.24) is 5.32 Å². The highest BCUT2D eigenvalue weighted by Gasteiger charge is 2.01. The van der Waals surface area contributed by atoms with Crippen molar-refractivity contribution in [3.63, 3.8) is 0 Å². The number of rotatable bonds is 10. The van der Waals surface area contributed by atoms with Gasteiger partial charge in [-0.1, -0.05) is 52.4 Å². The van der Waals surface area contributed by atoms with E-state index in [9.17, 15) is 5.11 Å². The number of unbranched alkanes of at least 4 members (excludes halogenated alkanes) is 5. The van der Waals surface area contributed by atoms with Crippen molar-refractivity contribution in [2.24, 2.45) is 0 Å². The molecule has 0 aliphatic carbocycles. The SMILES string of the molecule is CCCCCCCCC(O)CNCC. The van der Waals surface area contributed by atoms with Gasteiger partial charge in [0, 0.05) is 6.54 Å². The Morgan fingerprint density at radius 1 is 1.00 bits per heavy atom. The van der Waals surface area contributed by atoms with E-state index >= 15 is 0 Å². The molecule has 0 amide bonds. The average Bonchev–Trinajstić information content (AvgIpc) is 2.20. The summed E-state index contributed by atoms with van der Waals surface area (Å²) in [6.07, 6.45) is 8.64. The smallest absolute Gasteiger partial charge is 0.0664 e. The van der Waals surface area contributed by atoms with Gasteiger partial charge in [0.15, 0.2) is 0 Å². The third kappa shape index (κ3) is 10.0. The molecule has 0 saturated carbocycles. The van der Waals surface area contributed by atoms with Gasteiger partial charge in [0.05, 0.1) is 6.10 Å². The standard InChI is InChI=1S/C12H27NO/c1-3-5-6-7-8-9-10-12(14)11-13-4-2/h12-14H,3-11H2,1-2H3. The normalized spacial score (nSPS) is 13.1. The van der Waals surface area contributed by atoms with Crippen LogP contribution in [0.1, 0.15) is 58.8 Å². The first-order chi connectivity index (χ1) is 6.81. The highest BCUT2D eigenvalue weighted by molar-refractivity contribution is 4.58. The van der Waals surface area contributed by atoms with E-state index < -0.39 is 0 Å². The van der Waals surface area contributed by atoms with Crippen LogP contribution in [0, 0.1) is 0 Å². The van der Waals surface area contributed by atoms with Gasteiger partial charge in [0.2, 0.25) is 0 Å². The molecule has 0 aromatic carbocycles. The lowest BCUT2D eigenvalue weighted by molar-refractivity contribution is 0.158. The topological polar surface area (TPSA) is 32.3 Å². The molecule has 14 heavy (non-hydrogen) atoms. The van der Waals surface area contributed by atoms with Gasteiger partial charge < -0.3 is 10.4 Å². The molecular formula is C12H27NO. The minimum absolute atomic E-state index is 0.138. The predicted molar refractivity (Wildman–Crippen MR) is 62.5 cm³/mol. The van der Waals surface area contributed by atoms with E-state index in [0.29, 0.717) is 0 Å². The number of nitrogens with one attached hydrogen (secondary N) is 1. The minimum Gasteiger partial charge on any atom is -0.392 e. The Kier molecular flexibility index (Phi) is 10.9. The molecule has 0 heterocycles. The first-order valence-electron chi connectivity index (χ1n) is 6.20. The van der Waals surface area contributed by atoms with Crippen LogP contribution in [0.25, 0.3) is 0 Å². The van der Waals surface area contributed by atoms with Gasteiger partial charge in [-0.2, -0.15) is 0 Å². The molecule has 0 bridgehead atoms. The second kappa shape index (κ2) is 11.0. The van der Waals surface area contributed by atoms with Crippen LogP contribution >= 0.6 is 0 Å². The number of hydrogen-bond donors (Lipinski definition) is 2. The fraction of sp³-hybridized carbons (Fsp3) is 1.00. The maximum atomic E-state index is 9.52. The number of hydrogen-bond acceptors (Lipinski definition) is 2. The van der Waals surface area contributed by atoms with Crippen LogP contribution in [-0.4, -0.2) is 24.3 Å². The fourth-order valence-corrected chi connectivity index (χ4v) is 1.57. The molecule has 2 N–H and O–H groups in total. The zero-order valence-corrected chi connectivity index (χ0v) is 9.89. The maximum absolute atomic E-state index is 9.52. The van der Waals surface area contributed by atoms with Crippen LogP contribution in [0.4, 0.5) is 0 Å². The van der Waals surface area contributed by atoms with E-state index in [2.05, 4.69) is 19.2 Å². The molecular weight excluding hydrogens is 174 g/mol. The summed E-state index contributed by atoms with van der Waals surface area (Å²) in [7, 11) is 0. The molecule has 0 aliphatic heterocycles. The highest BCUT2D eigenvalue weighted by atomic mass is 16.3. The van der Waals surface area contributed by atoms with Gasteiger partial charge in [-0.25, -0.2) is 0 Å². The van der Waals surface area contributed by atoms with Crippen molar-refractivity contribution in [3.05, 3.63) is 0 Å². The zero-order valence-electron chi connectivity index (χ0n) is 9.89. The van der Waals surface area contributed by atoms with E-state index in [1.54, 1.807) is 0 Å². The molecule has 0 aromatic heterocycles. The highest BCUT2D eigenvalue weighted by Crippen LogP contribution is 2.08. The van der Waals surface area contributed by atoms with Crippen LogP contribution in [0.15, 0.2) is 0 Å². The molecule has 1 unspecified atom stereocenters. The molecule has 0 aliphatic rings. The van der Waals surface area contributed by atoms with Crippen molar-refractivity contribution in [2.45, 2.75) is 64.9 Å². The summed E-state index contributed by atoms with van der Waals surface area (Å²) in [5, 5.41) is 12.7. The monoisotopic (exact) mass is 201 g/mol. The van der Waals surface area contributed by atoms with Crippen molar-refractivity contribution in [2.75, 3.05) is 13.1 Å². The lowest BCUT2D eigenvalue weighted by Crippen LogP contribution is -2.26. The van der Waals surface area contributed by atoms with E-state index in [0.717, 1.165) is 19.5 Å². The summed E-state index contributed by atoms with van der Waals surface area (Å²) in [6, 6.07) is 0. The summed E-state index contributed by atoms with van der Waals surface area (Å²) in [5.74, 6) is 0. The summed E-state index contributed by atoms with van der Waals surface area (Å²) >= 11 is 0. The molecule has 2 heteroatoms. The number of aliphatic hydroxyl groups is 1. The van der Waals surface area contributed by atoms with Crippen molar-refractivity contribution in [3.8, 4) is 0 Å². The van der Waals surface area contributed by atoms with Crippen LogP contribution in [0.5, 0.6) is 0 Å². The van der Waals surface area contributed by atoms with Crippen LogP contribution < -0.4 is 5.32 Å². The van der Waals surface area contributed by atoms with E-state index in [1.165, 1.54) is 38.5 Å². The Bertz CT molecular complexity index is 106. The first kappa shape index (κ1) is 13.9. The summed E-state index contributed by atoms with van der Waals surface area (Å²) < 4.78 is 0. The summed E-state index contributed by atoms with van der Waals surface area (Å²) in [6.45, 7) is 6.01. The molecule has 0 saturated heterocycles. The van der Waals surface area contributed by atoms with E-state index in [-0.39, 0.29) is 6.10 Å². The molecule has 0 fully saturated rings. The number of aliphatic hydroxyl groups excluding tert-OH is 1. The molecule has 0 aromatic rings. The number of likely N-dealkylation sites (N-methyl/N-ethyl adjacent to an activating group) is 1. The summed E-state index contributed by atoms with van der Waals surface area (Å²) in [4.78, 5) is 0. The maximum Gasteiger partial charge on any atom is 0.0664 e. The minimum atomic E-state index is -0.138. The molecule has 0 radical (unpaired) electrons. The van der Waals surface area contributed by atoms with Crippen LogP contribution in [-0.2, 0) is 0 Å². The lowest BCUT2D eigenvalue weighted by atomic mass is 10.1. The molecule has 2 nitrogen and oxygen atoms in total. The molecule has 1 atom stereocenters. The summed E-state index contributed by atoms with van der Waals surface area (Å²) in [5.41, 5.74) is 0. The van der Waals surface area contributed by atoms with E-state index in [1.807, 2.05) is 0 Å². The van der Waals surface area contributed by atoms with Crippen molar-refractivity contribution >= 4 is 0 Å². The first-order valence-corrected chi connectivity index (χ1v) is 6.20. The predicted octanol–water partition coefficient (Wildman–Crippen LogP) is 2.71. The largest absolute Gasteiger partial charge is 0.392 e. The lowest BCUT2D eigenvalue weighted by Gasteiger charge is -2.10. The van der Waals surface area contributed by atoms with Gasteiger partial charge in [0.25, 0.3) is 0 Å². The fourth-order valence-electron chi connectivity index (χ4n) is 1.57. The Morgan fingerprint density at radius 2 is 1.64 bits per heavy atom. The van der Waals surface area contributed by atoms with Crippen molar-refractivity contribution < 1.29 is 5.11 Å². The van der Waals surface area contributed by atoms with Gasteiger partial charge in [0.1, 0.15) is 0 Å². The molecule has 0 spiro atoms. The van der Waals surface area contributed by atoms with Gasteiger partial charge in [-0.3, -0.25) is 0 Å². The molecule has 86 valence electrons. The van der Waals surface area contributed by atoms with E-state index in [4.69, 9.17) is 0 Å². The third-order valence-electron chi connectivity index (χ3n) is 2.52. The van der Waals surface area contributed by atoms with Gasteiger partial charge in [-0.05, 0) is 13.0 Å². The van der Waals surface area contributed by atoms with Gasteiger partial charge in [-0.15, -0.1) is 0 Å². The zero-order chi connectivity index (χ0) is 10.6. The second-order valence-corrected chi connectivity index (χ2v) is 4.02. The van der Waals surface area contributed by atoms with Gasteiger partial charge >= 0.3 is 0 Å². The van der Waals surface area contributed by atoms with Crippen LogP contribution in [0.2, 0.25) is 0 Å². The van der Waals surface area contributed by atoms with Crippen molar-refractivity contribution in [1.29, 1.82) is 0 Å². The Hall–Kier alpha value is -0.0800.